The molecule has 1 atom stereocenters. The highest BCUT2D eigenvalue weighted by Gasteiger charge is 2.27. The predicted octanol–water partition coefficient (Wildman–Crippen LogP) is 3.66. The summed E-state index contributed by atoms with van der Waals surface area (Å²) in [6.07, 6.45) is 3.15. The van der Waals surface area contributed by atoms with Gasteiger partial charge in [-0.2, -0.15) is 0 Å². The van der Waals surface area contributed by atoms with Crippen molar-refractivity contribution in [1.29, 1.82) is 0 Å². The van der Waals surface area contributed by atoms with Crippen LogP contribution in [0, 0.1) is 0 Å². The molecule has 0 saturated heterocycles. The molecule has 1 saturated carbocycles. The van der Waals surface area contributed by atoms with E-state index in [1.165, 1.54) is 7.11 Å². The van der Waals surface area contributed by atoms with E-state index in [1.807, 2.05) is 24.3 Å². The first-order valence-corrected chi connectivity index (χ1v) is 11.2. The maximum Gasteiger partial charge on any atom is 0.267 e. The summed E-state index contributed by atoms with van der Waals surface area (Å²) in [6.45, 7) is 1.74. The lowest BCUT2D eigenvalue weighted by molar-refractivity contribution is -0.127. The molecule has 3 aromatic heterocycles. The summed E-state index contributed by atoms with van der Waals surface area (Å²) in [5.74, 6) is 1.30. The van der Waals surface area contributed by atoms with Gasteiger partial charge >= 0.3 is 0 Å². The molecule has 1 aliphatic rings. The number of hydrogen-bond acceptors (Lipinski definition) is 6. The quantitative estimate of drug-likeness (QED) is 0.392. The number of hydrogen-bond donors (Lipinski definition) is 1. The van der Waals surface area contributed by atoms with Crippen molar-refractivity contribution in [2.75, 3.05) is 14.2 Å². The standard InChI is InChI=1S/C26H23N3O5/c1-13(25(30)28-14-4-5-14)34-15-6-8-19-18(12-15)16-10-11-27-22-17-7-9-20(32-2)24(33-3)21(17)26(31)29(19)23(16)22/h6-14H,4-5H2,1-3H3,(H,28,30)/t13-/m0/s1. The largest absolute Gasteiger partial charge is 0.493 e. The van der Waals surface area contributed by atoms with Crippen molar-refractivity contribution in [3.05, 3.63) is 52.9 Å². The number of rotatable bonds is 6. The molecule has 5 aromatic rings. The summed E-state index contributed by atoms with van der Waals surface area (Å²) in [6, 6.07) is 11.3. The van der Waals surface area contributed by atoms with E-state index in [0.29, 0.717) is 33.5 Å². The second kappa shape index (κ2) is 7.48. The monoisotopic (exact) mass is 457 g/mol. The van der Waals surface area contributed by atoms with Gasteiger partial charge < -0.3 is 19.5 Å². The topological polar surface area (TPSA) is 91.2 Å². The first-order valence-electron chi connectivity index (χ1n) is 11.2. The average molecular weight is 457 g/mol. The number of carbonyl (C=O) groups excluding carboxylic acids is 1. The van der Waals surface area contributed by atoms with Crippen LogP contribution in [0.15, 0.2) is 47.4 Å². The van der Waals surface area contributed by atoms with Gasteiger partial charge in [0.15, 0.2) is 17.6 Å². The van der Waals surface area contributed by atoms with Crippen LogP contribution < -0.4 is 25.1 Å². The van der Waals surface area contributed by atoms with Gasteiger partial charge in [0.2, 0.25) is 0 Å². The Balaban J connectivity index is 1.58. The van der Waals surface area contributed by atoms with E-state index < -0.39 is 6.10 Å². The third kappa shape index (κ3) is 2.95. The van der Waals surface area contributed by atoms with E-state index in [9.17, 15) is 9.59 Å². The first-order chi connectivity index (χ1) is 16.5. The smallest absolute Gasteiger partial charge is 0.267 e. The predicted molar refractivity (Wildman–Crippen MR) is 130 cm³/mol. The molecule has 1 amide bonds. The highest BCUT2D eigenvalue weighted by atomic mass is 16.5. The number of carbonyl (C=O) groups is 1. The summed E-state index contributed by atoms with van der Waals surface area (Å²) in [5.41, 5.74) is 1.95. The number of nitrogens with one attached hydrogen (secondary N) is 1. The normalized spacial score (nSPS) is 14.7. The van der Waals surface area contributed by atoms with E-state index in [4.69, 9.17) is 14.2 Å². The van der Waals surface area contributed by atoms with Gasteiger partial charge in [0.25, 0.3) is 11.5 Å². The minimum absolute atomic E-state index is 0.124. The molecule has 0 spiro atoms. The lowest BCUT2D eigenvalue weighted by atomic mass is 10.1. The van der Waals surface area contributed by atoms with Gasteiger partial charge in [-0.05, 0) is 56.2 Å². The zero-order valence-corrected chi connectivity index (χ0v) is 19.0. The Morgan fingerprint density at radius 3 is 2.65 bits per heavy atom. The first kappa shape index (κ1) is 20.5. The van der Waals surface area contributed by atoms with Crippen molar-refractivity contribution in [3.63, 3.8) is 0 Å². The van der Waals surface area contributed by atoms with E-state index >= 15 is 0 Å². The zero-order chi connectivity index (χ0) is 23.6. The van der Waals surface area contributed by atoms with E-state index in [-0.39, 0.29) is 17.5 Å². The number of benzene rings is 2. The summed E-state index contributed by atoms with van der Waals surface area (Å²) in [7, 11) is 3.06. The number of aromatic nitrogens is 2. The van der Waals surface area contributed by atoms with Crippen molar-refractivity contribution in [2.24, 2.45) is 0 Å². The van der Waals surface area contributed by atoms with E-state index in [0.717, 1.165) is 34.6 Å². The minimum atomic E-state index is -0.623. The number of nitrogens with zero attached hydrogens (tertiary/aromatic N) is 2. The van der Waals surface area contributed by atoms with Crippen molar-refractivity contribution in [2.45, 2.75) is 31.9 Å². The number of amides is 1. The molecule has 34 heavy (non-hydrogen) atoms. The molecule has 0 unspecified atom stereocenters. The lowest BCUT2D eigenvalue weighted by Gasteiger charge is -2.14. The average Bonchev–Trinajstić information content (AvgIpc) is 3.61. The van der Waals surface area contributed by atoms with Crippen molar-refractivity contribution < 1.29 is 19.0 Å². The Labute approximate surface area is 194 Å². The van der Waals surface area contributed by atoms with Crippen LogP contribution in [0.25, 0.3) is 38.1 Å². The third-order valence-corrected chi connectivity index (χ3v) is 6.47. The second-order valence-corrected chi connectivity index (χ2v) is 8.64. The highest BCUT2D eigenvalue weighted by molar-refractivity contribution is 6.19. The number of ether oxygens (including phenoxy) is 3. The van der Waals surface area contributed by atoms with Crippen LogP contribution in [0.1, 0.15) is 19.8 Å². The maximum atomic E-state index is 13.8. The zero-order valence-electron chi connectivity index (χ0n) is 19.0. The number of methoxy groups -OCH3 is 2. The van der Waals surface area contributed by atoms with Gasteiger partial charge in [0, 0.05) is 28.4 Å². The van der Waals surface area contributed by atoms with Crippen LogP contribution >= 0.6 is 0 Å². The highest BCUT2D eigenvalue weighted by Crippen LogP contribution is 2.39. The van der Waals surface area contributed by atoms with Crippen molar-refractivity contribution in [3.8, 4) is 17.2 Å². The van der Waals surface area contributed by atoms with Crippen molar-refractivity contribution >= 4 is 44.0 Å². The fourth-order valence-corrected chi connectivity index (χ4v) is 4.68. The van der Waals surface area contributed by atoms with Gasteiger partial charge in [-0.25, -0.2) is 0 Å². The van der Waals surface area contributed by atoms with Gasteiger partial charge in [-0.3, -0.25) is 19.0 Å². The van der Waals surface area contributed by atoms with Crippen LogP contribution in [-0.2, 0) is 4.79 Å². The van der Waals surface area contributed by atoms with Gasteiger partial charge in [0.05, 0.1) is 36.2 Å². The molecule has 2 aromatic carbocycles. The van der Waals surface area contributed by atoms with E-state index in [1.54, 1.807) is 36.8 Å². The number of fused-ring (bicyclic) bond motifs is 5. The minimum Gasteiger partial charge on any atom is -0.493 e. The molecule has 6 rings (SSSR count). The summed E-state index contributed by atoms with van der Waals surface area (Å²) in [4.78, 5) is 30.8. The number of pyridine rings is 2. The van der Waals surface area contributed by atoms with Crippen LogP contribution in [0.5, 0.6) is 17.2 Å². The van der Waals surface area contributed by atoms with Gasteiger partial charge in [0.1, 0.15) is 5.75 Å². The molecular formula is C26H23N3O5. The SMILES string of the molecule is COc1ccc2c(c1OC)c(=O)n1c3ccc(O[C@@H](C)C(=O)NC4CC4)cc3c3ccnc2c31. The van der Waals surface area contributed by atoms with Crippen LogP contribution in [0.4, 0.5) is 0 Å². The molecular weight excluding hydrogens is 434 g/mol. The Hall–Kier alpha value is -4.07. The van der Waals surface area contributed by atoms with Crippen LogP contribution in [0.2, 0.25) is 0 Å². The van der Waals surface area contributed by atoms with Gasteiger partial charge in [-0.1, -0.05) is 0 Å². The fourth-order valence-electron chi connectivity index (χ4n) is 4.68. The lowest BCUT2D eigenvalue weighted by Crippen LogP contribution is -2.37. The fraction of sp³-hybridized carbons (Fsp3) is 0.269. The molecule has 3 heterocycles. The Morgan fingerprint density at radius 2 is 1.91 bits per heavy atom. The Morgan fingerprint density at radius 1 is 1.09 bits per heavy atom. The molecule has 1 fully saturated rings. The van der Waals surface area contributed by atoms with E-state index in [2.05, 4.69) is 10.3 Å². The molecule has 8 heteroatoms. The van der Waals surface area contributed by atoms with Crippen LogP contribution in [0.3, 0.4) is 0 Å². The Kier molecular flexibility index (Phi) is 4.52. The second-order valence-electron chi connectivity index (χ2n) is 8.64. The summed E-state index contributed by atoms with van der Waals surface area (Å²) < 4.78 is 18.6. The Bertz CT molecular complexity index is 1650. The molecule has 172 valence electrons. The molecule has 0 radical (unpaired) electrons. The molecule has 0 aliphatic heterocycles. The molecule has 0 bridgehead atoms. The van der Waals surface area contributed by atoms with Crippen molar-refractivity contribution in [1.82, 2.24) is 14.7 Å². The van der Waals surface area contributed by atoms with Gasteiger partial charge in [-0.15, -0.1) is 0 Å². The molecule has 1 aliphatic carbocycles. The third-order valence-electron chi connectivity index (χ3n) is 6.47. The maximum absolute atomic E-state index is 13.8. The van der Waals surface area contributed by atoms with Crippen LogP contribution in [-0.4, -0.2) is 41.7 Å². The summed E-state index contributed by atoms with van der Waals surface area (Å²) in [5, 5.41) is 5.81. The molecule has 1 N–H and O–H groups in total. The molecule has 8 nitrogen and oxygen atoms in total. The summed E-state index contributed by atoms with van der Waals surface area (Å²) >= 11 is 0.